The van der Waals surface area contributed by atoms with E-state index >= 15 is 0 Å². The van der Waals surface area contributed by atoms with Crippen LogP contribution in [0.1, 0.15) is 25.8 Å². The molecule has 0 aliphatic carbocycles. The number of benzene rings is 1. The minimum Gasteiger partial charge on any atom is -0.496 e. The van der Waals surface area contributed by atoms with E-state index < -0.39 is 5.54 Å². The molecule has 2 N–H and O–H groups in total. The van der Waals surface area contributed by atoms with E-state index in [0.29, 0.717) is 13.0 Å². The topological polar surface area (TPSA) is 55.6 Å². The third-order valence-corrected chi connectivity index (χ3v) is 2.63. The highest BCUT2D eigenvalue weighted by Crippen LogP contribution is 2.19. The maximum atomic E-state index is 12.0. The van der Waals surface area contributed by atoms with Crippen LogP contribution in [-0.2, 0) is 11.3 Å². The summed E-state index contributed by atoms with van der Waals surface area (Å²) in [5.74, 6) is 0.831. The van der Waals surface area contributed by atoms with Crippen molar-refractivity contribution in [3.8, 4) is 5.75 Å². The molecule has 0 radical (unpaired) electrons. The number of nitrogens with zero attached hydrogens (tertiary/aromatic N) is 1. The Balaban J connectivity index is 2.69. The zero-order valence-corrected chi connectivity index (χ0v) is 11.6. The normalized spacial score (nSPS) is 11.2. The molecule has 4 nitrogen and oxygen atoms in total. The molecule has 0 aliphatic heterocycles. The molecule has 0 unspecified atom stereocenters. The molecule has 1 aromatic rings. The van der Waals surface area contributed by atoms with E-state index in [4.69, 9.17) is 10.5 Å². The largest absolute Gasteiger partial charge is 0.496 e. The predicted octanol–water partition coefficient (Wildman–Crippen LogP) is 1.78. The molecule has 1 amide bonds. The molecule has 0 atom stereocenters. The second kappa shape index (κ2) is 5.87. The summed E-state index contributed by atoms with van der Waals surface area (Å²) >= 11 is 0. The van der Waals surface area contributed by atoms with E-state index in [-0.39, 0.29) is 5.91 Å². The molecular weight excluding hydrogens is 228 g/mol. The number of nitrogens with two attached hydrogens (primary N) is 1. The average Bonchev–Trinajstić information content (AvgIpc) is 2.27. The van der Waals surface area contributed by atoms with Crippen molar-refractivity contribution >= 4 is 5.91 Å². The fourth-order valence-electron chi connectivity index (χ4n) is 1.70. The lowest BCUT2D eigenvalue weighted by Gasteiger charge is -2.24. The molecule has 0 fully saturated rings. The van der Waals surface area contributed by atoms with Gasteiger partial charge in [0.25, 0.3) is 0 Å². The molecule has 0 aliphatic rings. The fraction of sp³-hybridized carbons (Fsp3) is 0.500. The third kappa shape index (κ3) is 4.37. The number of carbonyl (C=O) groups excluding carboxylic acids is 1. The smallest absolute Gasteiger partial charge is 0.224 e. The first kappa shape index (κ1) is 14.5. The number of carbonyl (C=O) groups is 1. The zero-order valence-electron chi connectivity index (χ0n) is 11.6. The number of methoxy groups -OCH3 is 1. The Hall–Kier alpha value is -1.55. The molecule has 0 aromatic heterocycles. The van der Waals surface area contributed by atoms with Crippen LogP contribution in [0, 0.1) is 0 Å². The van der Waals surface area contributed by atoms with Crippen LogP contribution in [0.15, 0.2) is 24.3 Å². The highest BCUT2D eigenvalue weighted by atomic mass is 16.5. The monoisotopic (exact) mass is 250 g/mol. The third-order valence-electron chi connectivity index (χ3n) is 2.63. The number of hydrogen-bond acceptors (Lipinski definition) is 3. The van der Waals surface area contributed by atoms with Crippen molar-refractivity contribution in [1.29, 1.82) is 0 Å². The first-order valence-corrected chi connectivity index (χ1v) is 5.98. The molecule has 0 saturated carbocycles. The number of para-hydroxylation sites is 1. The Labute approximate surface area is 109 Å². The van der Waals surface area contributed by atoms with Gasteiger partial charge in [-0.3, -0.25) is 4.79 Å². The van der Waals surface area contributed by atoms with Crippen LogP contribution < -0.4 is 10.5 Å². The highest BCUT2D eigenvalue weighted by molar-refractivity contribution is 5.77. The maximum absolute atomic E-state index is 12.0. The van der Waals surface area contributed by atoms with Gasteiger partial charge < -0.3 is 15.4 Å². The molecule has 18 heavy (non-hydrogen) atoms. The van der Waals surface area contributed by atoms with Crippen LogP contribution in [-0.4, -0.2) is 30.5 Å². The zero-order chi connectivity index (χ0) is 13.8. The van der Waals surface area contributed by atoms with Crippen molar-refractivity contribution < 1.29 is 9.53 Å². The molecule has 0 bridgehead atoms. The van der Waals surface area contributed by atoms with Gasteiger partial charge in [-0.05, 0) is 19.9 Å². The van der Waals surface area contributed by atoms with E-state index in [2.05, 4.69) is 0 Å². The van der Waals surface area contributed by atoms with Crippen LogP contribution in [0.3, 0.4) is 0 Å². The van der Waals surface area contributed by atoms with E-state index in [0.717, 1.165) is 11.3 Å². The van der Waals surface area contributed by atoms with Crippen molar-refractivity contribution in [2.45, 2.75) is 32.4 Å². The van der Waals surface area contributed by atoms with Crippen molar-refractivity contribution in [3.63, 3.8) is 0 Å². The molecule has 0 saturated heterocycles. The molecule has 1 rings (SSSR count). The van der Waals surface area contributed by atoms with Gasteiger partial charge in [0.15, 0.2) is 0 Å². The van der Waals surface area contributed by atoms with Crippen molar-refractivity contribution in [3.05, 3.63) is 29.8 Å². The molecule has 0 spiro atoms. The average molecular weight is 250 g/mol. The lowest BCUT2D eigenvalue weighted by atomic mass is 10.0. The van der Waals surface area contributed by atoms with Crippen LogP contribution in [0.4, 0.5) is 0 Å². The first-order valence-electron chi connectivity index (χ1n) is 5.98. The Bertz CT molecular complexity index is 411. The number of ether oxygens (including phenoxy) is 1. The van der Waals surface area contributed by atoms with E-state index in [9.17, 15) is 4.79 Å². The molecular formula is C14H22N2O2. The van der Waals surface area contributed by atoms with Gasteiger partial charge in [-0.15, -0.1) is 0 Å². The summed E-state index contributed by atoms with van der Waals surface area (Å²) in [6.45, 7) is 4.22. The lowest BCUT2D eigenvalue weighted by Crippen LogP contribution is -2.39. The molecule has 100 valence electrons. The van der Waals surface area contributed by atoms with Gasteiger partial charge in [-0.1, -0.05) is 18.2 Å². The van der Waals surface area contributed by atoms with Gasteiger partial charge in [0, 0.05) is 31.1 Å². The Morgan fingerprint density at radius 2 is 2.00 bits per heavy atom. The van der Waals surface area contributed by atoms with Gasteiger partial charge >= 0.3 is 0 Å². The second-order valence-corrected chi connectivity index (χ2v) is 5.23. The number of hydrogen-bond donors (Lipinski definition) is 1. The minimum absolute atomic E-state index is 0.0356. The summed E-state index contributed by atoms with van der Waals surface area (Å²) in [5, 5.41) is 0. The Kier molecular flexibility index (Phi) is 4.73. The highest BCUT2D eigenvalue weighted by Gasteiger charge is 2.19. The predicted molar refractivity (Wildman–Crippen MR) is 72.4 cm³/mol. The van der Waals surface area contributed by atoms with E-state index in [1.54, 1.807) is 19.1 Å². The van der Waals surface area contributed by atoms with Crippen molar-refractivity contribution in [1.82, 2.24) is 4.90 Å². The van der Waals surface area contributed by atoms with E-state index in [1.807, 2.05) is 38.1 Å². The standard InChI is InChI=1S/C14H22N2O2/c1-14(2,15)9-13(17)16(3)10-11-7-5-6-8-12(11)18-4/h5-8H,9-10,15H2,1-4H3. The number of amides is 1. The van der Waals surface area contributed by atoms with Crippen molar-refractivity contribution in [2.24, 2.45) is 5.73 Å². The van der Waals surface area contributed by atoms with Gasteiger partial charge in [0.05, 0.1) is 7.11 Å². The second-order valence-electron chi connectivity index (χ2n) is 5.23. The summed E-state index contributed by atoms with van der Waals surface area (Å²) in [5.41, 5.74) is 6.36. The van der Waals surface area contributed by atoms with Gasteiger partial charge in [0.2, 0.25) is 5.91 Å². The summed E-state index contributed by atoms with van der Waals surface area (Å²) in [6, 6.07) is 7.69. The van der Waals surface area contributed by atoms with Crippen LogP contribution in [0.25, 0.3) is 0 Å². The fourth-order valence-corrected chi connectivity index (χ4v) is 1.70. The quantitative estimate of drug-likeness (QED) is 0.866. The van der Waals surface area contributed by atoms with Crippen LogP contribution in [0.5, 0.6) is 5.75 Å². The summed E-state index contributed by atoms with van der Waals surface area (Å²) < 4.78 is 5.26. The van der Waals surface area contributed by atoms with Crippen LogP contribution >= 0.6 is 0 Å². The number of rotatable bonds is 5. The van der Waals surface area contributed by atoms with Gasteiger partial charge in [-0.2, -0.15) is 0 Å². The molecule has 0 heterocycles. The Morgan fingerprint density at radius 3 is 2.56 bits per heavy atom. The van der Waals surface area contributed by atoms with Crippen LogP contribution in [0.2, 0.25) is 0 Å². The van der Waals surface area contributed by atoms with Gasteiger partial charge in [-0.25, -0.2) is 0 Å². The summed E-state index contributed by atoms with van der Waals surface area (Å²) in [7, 11) is 3.41. The lowest BCUT2D eigenvalue weighted by molar-refractivity contribution is -0.131. The summed E-state index contributed by atoms with van der Waals surface area (Å²) in [6.07, 6.45) is 0.332. The first-order chi connectivity index (χ1) is 8.33. The summed E-state index contributed by atoms with van der Waals surface area (Å²) in [4.78, 5) is 13.6. The van der Waals surface area contributed by atoms with Gasteiger partial charge in [0.1, 0.15) is 5.75 Å². The molecule has 4 heteroatoms. The SMILES string of the molecule is COc1ccccc1CN(C)C(=O)CC(C)(C)N. The molecule has 1 aromatic carbocycles. The Morgan fingerprint density at radius 1 is 1.39 bits per heavy atom. The van der Waals surface area contributed by atoms with Crippen molar-refractivity contribution in [2.75, 3.05) is 14.2 Å². The maximum Gasteiger partial charge on any atom is 0.224 e. The van der Waals surface area contributed by atoms with E-state index in [1.165, 1.54) is 0 Å². The minimum atomic E-state index is -0.480.